The molecular weight excluding hydrogens is 212 g/mol. The van der Waals surface area contributed by atoms with Crippen LogP contribution in [-0.4, -0.2) is 38.2 Å². The number of benzene rings is 1. The van der Waals surface area contributed by atoms with Crippen molar-refractivity contribution in [3.8, 4) is 5.75 Å². The van der Waals surface area contributed by atoms with Crippen LogP contribution < -0.4 is 10.1 Å². The average Bonchev–Trinajstić information content (AvgIpc) is 2.26. The first-order valence-corrected chi connectivity index (χ1v) is 6.20. The highest BCUT2D eigenvalue weighted by atomic mass is 16.5. The molecule has 0 spiro atoms. The Morgan fingerprint density at radius 3 is 2.76 bits per heavy atom. The zero-order chi connectivity index (χ0) is 12.7. The van der Waals surface area contributed by atoms with Gasteiger partial charge in [-0.3, -0.25) is 0 Å². The monoisotopic (exact) mass is 236 g/mol. The van der Waals surface area contributed by atoms with Crippen molar-refractivity contribution in [2.45, 2.75) is 26.5 Å². The van der Waals surface area contributed by atoms with E-state index in [4.69, 9.17) is 4.74 Å². The van der Waals surface area contributed by atoms with Crippen molar-refractivity contribution < 1.29 is 4.74 Å². The van der Waals surface area contributed by atoms with Crippen LogP contribution >= 0.6 is 0 Å². The van der Waals surface area contributed by atoms with Crippen molar-refractivity contribution in [1.82, 2.24) is 10.2 Å². The van der Waals surface area contributed by atoms with E-state index in [1.54, 1.807) is 0 Å². The molecule has 1 N–H and O–H groups in total. The van der Waals surface area contributed by atoms with Crippen LogP contribution in [0.4, 0.5) is 0 Å². The van der Waals surface area contributed by atoms with Gasteiger partial charge in [-0.1, -0.05) is 12.1 Å². The molecule has 0 heterocycles. The van der Waals surface area contributed by atoms with E-state index in [0.29, 0.717) is 0 Å². The van der Waals surface area contributed by atoms with Gasteiger partial charge in [0.25, 0.3) is 0 Å². The summed E-state index contributed by atoms with van der Waals surface area (Å²) in [5.74, 6) is 0.958. The highest BCUT2D eigenvalue weighted by Gasteiger charge is 2.02. The molecule has 1 aromatic rings. The van der Waals surface area contributed by atoms with E-state index in [1.165, 1.54) is 5.56 Å². The van der Waals surface area contributed by atoms with Crippen molar-refractivity contribution in [3.63, 3.8) is 0 Å². The van der Waals surface area contributed by atoms with Crippen LogP contribution in [0.25, 0.3) is 0 Å². The molecule has 0 atom stereocenters. The normalized spacial score (nSPS) is 11.2. The summed E-state index contributed by atoms with van der Waals surface area (Å²) in [6.07, 6.45) is 0.229. The number of nitrogens with one attached hydrogen (secondary N) is 1. The summed E-state index contributed by atoms with van der Waals surface area (Å²) < 4.78 is 5.69. The third-order valence-electron chi connectivity index (χ3n) is 2.47. The summed E-state index contributed by atoms with van der Waals surface area (Å²) in [6.45, 7) is 7.11. The van der Waals surface area contributed by atoms with Gasteiger partial charge >= 0.3 is 0 Å². The Morgan fingerprint density at radius 1 is 1.35 bits per heavy atom. The number of ether oxygens (including phenoxy) is 1. The van der Waals surface area contributed by atoms with Gasteiger partial charge in [0.1, 0.15) is 5.75 Å². The molecule has 0 saturated heterocycles. The number of hydrogen-bond donors (Lipinski definition) is 1. The Kier molecular flexibility index (Phi) is 6.01. The van der Waals surface area contributed by atoms with Gasteiger partial charge in [-0.15, -0.1) is 0 Å². The quantitative estimate of drug-likeness (QED) is 0.785. The molecule has 0 aliphatic carbocycles. The molecule has 3 heteroatoms. The molecule has 96 valence electrons. The summed E-state index contributed by atoms with van der Waals surface area (Å²) in [7, 11) is 4.11. The maximum atomic E-state index is 5.69. The van der Waals surface area contributed by atoms with Crippen molar-refractivity contribution in [2.75, 3.05) is 27.2 Å². The Morgan fingerprint density at radius 2 is 2.12 bits per heavy atom. The summed E-state index contributed by atoms with van der Waals surface area (Å²) >= 11 is 0. The van der Waals surface area contributed by atoms with Crippen molar-refractivity contribution in [2.24, 2.45) is 0 Å². The lowest BCUT2D eigenvalue weighted by atomic mass is 10.2. The van der Waals surface area contributed by atoms with Gasteiger partial charge in [-0.05, 0) is 45.6 Å². The summed E-state index contributed by atoms with van der Waals surface area (Å²) in [6, 6.07) is 8.33. The zero-order valence-electron chi connectivity index (χ0n) is 11.4. The van der Waals surface area contributed by atoms with E-state index in [0.717, 1.165) is 25.4 Å². The van der Waals surface area contributed by atoms with E-state index in [-0.39, 0.29) is 6.10 Å². The molecule has 0 fully saturated rings. The minimum Gasteiger partial charge on any atom is -0.491 e. The van der Waals surface area contributed by atoms with Crippen LogP contribution in [0, 0.1) is 0 Å². The minimum atomic E-state index is 0.229. The van der Waals surface area contributed by atoms with Gasteiger partial charge in [0, 0.05) is 19.6 Å². The Labute approximate surface area is 105 Å². The van der Waals surface area contributed by atoms with Crippen molar-refractivity contribution in [1.29, 1.82) is 0 Å². The lowest BCUT2D eigenvalue weighted by molar-refractivity contribution is 0.241. The van der Waals surface area contributed by atoms with Gasteiger partial charge in [-0.2, -0.15) is 0 Å². The zero-order valence-corrected chi connectivity index (χ0v) is 11.4. The molecule has 17 heavy (non-hydrogen) atoms. The van der Waals surface area contributed by atoms with Crippen LogP contribution in [0.3, 0.4) is 0 Å². The maximum absolute atomic E-state index is 5.69. The molecule has 0 radical (unpaired) electrons. The Bertz CT molecular complexity index is 326. The van der Waals surface area contributed by atoms with Crippen molar-refractivity contribution in [3.05, 3.63) is 29.8 Å². The molecule has 0 aromatic heterocycles. The number of hydrogen-bond acceptors (Lipinski definition) is 3. The SMILES string of the molecule is CNCCN(C)Cc1cccc(OC(C)C)c1. The molecular formula is C14H24N2O. The molecule has 0 aliphatic heterocycles. The minimum absolute atomic E-state index is 0.229. The molecule has 1 aromatic carbocycles. The van der Waals surface area contributed by atoms with Crippen LogP contribution in [0.2, 0.25) is 0 Å². The van der Waals surface area contributed by atoms with E-state index in [1.807, 2.05) is 27.0 Å². The first kappa shape index (κ1) is 14.0. The van der Waals surface area contributed by atoms with Gasteiger partial charge < -0.3 is 15.0 Å². The average molecular weight is 236 g/mol. The lowest BCUT2D eigenvalue weighted by Gasteiger charge is -2.17. The smallest absolute Gasteiger partial charge is 0.120 e. The fraction of sp³-hybridized carbons (Fsp3) is 0.571. The fourth-order valence-electron chi connectivity index (χ4n) is 1.68. The van der Waals surface area contributed by atoms with Crippen molar-refractivity contribution >= 4 is 0 Å². The number of likely N-dealkylation sites (N-methyl/N-ethyl adjacent to an activating group) is 2. The van der Waals surface area contributed by atoms with Gasteiger partial charge in [-0.25, -0.2) is 0 Å². The third-order valence-corrected chi connectivity index (χ3v) is 2.47. The second kappa shape index (κ2) is 7.30. The molecule has 0 unspecified atom stereocenters. The van der Waals surface area contributed by atoms with Gasteiger partial charge in [0.15, 0.2) is 0 Å². The summed E-state index contributed by atoms with van der Waals surface area (Å²) in [5, 5.41) is 3.16. The Hall–Kier alpha value is -1.06. The highest BCUT2D eigenvalue weighted by Crippen LogP contribution is 2.15. The van der Waals surface area contributed by atoms with E-state index in [2.05, 4.69) is 35.5 Å². The van der Waals surface area contributed by atoms with Crippen LogP contribution in [-0.2, 0) is 6.54 Å². The predicted octanol–water partition coefficient (Wildman–Crippen LogP) is 2.12. The third kappa shape index (κ3) is 5.71. The molecule has 1 rings (SSSR count). The van der Waals surface area contributed by atoms with Gasteiger partial charge in [0.05, 0.1) is 6.10 Å². The molecule has 3 nitrogen and oxygen atoms in total. The van der Waals surface area contributed by atoms with Crippen LogP contribution in [0.1, 0.15) is 19.4 Å². The molecule has 0 saturated carbocycles. The first-order chi connectivity index (χ1) is 8.11. The number of nitrogens with zero attached hydrogens (tertiary/aromatic N) is 1. The summed E-state index contributed by atoms with van der Waals surface area (Å²) in [5.41, 5.74) is 1.29. The molecule has 0 amide bonds. The standard InChI is InChI=1S/C14H24N2O/c1-12(2)17-14-7-5-6-13(10-14)11-16(4)9-8-15-3/h5-7,10,12,15H,8-9,11H2,1-4H3. The van der Waals surface area contributed by atoms with E-state index < -0.39 is 0 Å². The highest BCUT2D eigenvalue weighted by molar-refractivity contribution is 5.28. The fourth-order valence-corrected chi connectivity index (χ4v) is 1.68. The number of rotatable bonds is 7. The largest absolute Gasteiger partial charge is 0.491 e. The molecule has 0 bridgehead atoms. The second-order valence-electron chi connectivity index (χ2n) is 4.66. The second-order valence-corrected chi connectivity index (χ2v) is 4.66. The first-order valence-electron chi connectivity index (χ1n) is 6.20. The van der Waals surface area contributed by atoms with Crippen LogP contribution in [0.15, 0.2) is 24.3 Å². The maximum Gasteiger partial charge on any atom is 0.120 e. The summed E-state index contributed by atoms with van der Waals surface area (Å²) in [4.78, 5) is 2.30. The Balaban J connectivity index is 2.53. The van der Waals surface area contributed by atoms with Gasteiger partial charge in [0.2, 0.25) is 0 Å². The predicted molar refractivity (Wildman–Crippen MR) is 72.5 cm³/mol. The van der Waals surface area contributed by atoms with E-state index >= 15 is 0 Å². The lowest BCUT2D eigenvalue weighted by Crippen LogP contribution is -2.26. The van der Waals surface area contributed by atoms with E-state index in [9.17, 15) is 0 Å². The molecule has 0 aliphatic rings. The topological polar surface area (TPSA) is 24.5 Å². The van der Waals surface area contributed by atoms with Crippen LogP contribution in [0.5, 0.6) is 5.75 Å².